The fraction of sp³-hybridized carbons (Fsp3) is 0.500. The molecule has 0 spiro atoms. The van der Waals surface area contributed by atoms with Crippen LogP contribution in [0.25, 0.3) is 0 Å². The van der Waals surface area contributed by atoms with E-state index in [1.165, 1.54) is 16.7 Å². The molecule has 0 radical (unpaired) electrons. The maximum Gasteiger partial charge on any atom is 0.220 e. The molecule has 1 aromatic rings. The van der Waals surface area contributed by atoms with Gasteiger partial charge in [0.2, 0.25) is 5.91 Å². The maximum atomic E-state index is 12.1. The molecule has 1 amide bonds. The summed E-state index contributed by atoms with van der Waals surface area (Å²) in [5, 5.41) is 6.34. The summed E-state index contributed by atoms with van der Waals surface area (Å²) >= 11 is 0. The molecule has 0 aromatic heterocycles. The Morgan fingerprint density at radius 3 is 2.71 bits per heavy atom. The summed E-state index contributed by atoms with van der Waals surface area (Å²) in [6, 6.07) is 8.53. The van der Waals surface area contributed by atoms with Crippen LogP contribution in [0.2, 0.25) is 0 Å². The summed E-state index contributed by atoms with van der Waals surface area (Å²) in [5.74, 6) is 0.467. The minimum Gasteiger partial charge on any atom is -0.352 e. The lowest BCUT2D eigenvalue weighted by Crippen LogP contribution is -2.30. The van der Waals surface area contributed by atoms with E-state index >= 15 is 0 Å². The molecule has 2 rings (SSSR count). The van der Waals surface area contributed by atoms with Gasteiger partial charge in [0.05, 0.1) is 0 Å². The first-order chi connectivity index (χ1) is 10.2. The number of carbonyl (C=O) groups excluding carboxylic acids is 1. The van der Waals surface area contributed by atoms with E-state index in [-0.39, 0.29) is 5.91 Å². The molecular formula is C18H26N2O. The van der Waals surface area contributed by atoms with Crippen LogP contribution in [0.5, 0.6) is 0 Å². The molecule has 21 heavy (non-hydrogen) atoms. The average molecular weight is 286 g/mol. The Balaban J connectivity index is 1.84. The fourth-order valence-electron chi connectivity index (χ4n) is 2.67. The summed E-state index contributed by atoms with van der Waals surface area (Å²) < 4.78 is 0. The van der Waals surface area contributed by atoms with Gasteiger partial charge in [-0.3, -0.25) is 4.79 Å². The molecule has 3 heteroatoms. The second kappa shape index (κ2) is 7.99. The van der Waals surface area contributed by atoms with Gasteiger partial charge in [0.1, 0.15) is 0 Å². The van der Waals surface area contributed by atoms with Gasteiger partial charge in [0.15, 0.2) is 0 Å². The lowest BCUT2D eigenvalue weighted by atomic mass is 9.92. The Morgan fingerprint density at radius 2 is 2.10 bits per heavy atom. The number of amides is 1. The van der Waals surface area contributed by atoms with Crippen molar-refractivity contribution in [3.63, 3.8) is 0 Å². The van der Waals surface area contributed by atoms with Crippen LogP contribution >= 0.6 is 0 Å². The van der Waals surface area contributed by atoms with Gasteiger partial charge in [-0.05, 0) is 37.8 Å². The average Bonchev–Trinajstić information content (AvgIpc) is 2.52. The SMILES string of the molecule is CCC(CC(=O)NCC1=CCNCC1)c1ccc(C)cc1. The second-order valence-corrected chi connectivity index (χ2v) is 5.81. The van der Waals surface area contributed by atoms with Crippen LogP contribution in [-0.4, -0.2) is 25.5 Å². The van der Waals surface area contributed by atoms with Gasteiger partial charge in [0.25, 0.3) is 0 Å². The third kappa shape index (κ3) is 5.01. The van der Waals surface area contributed by atoms with Crippen molar-refractivity contribution in [2.24, 2.45) is 0 Å². The van der Waals surface area contributed by atoms with E-state index in [4.69, 9.17) is 0 Å². The highest BCUT2D eigenvalue weighted by Crippen LogP contribution is 2.23. The van der Waals surface area contributed by atoms with Crippen molar-refractivity contribution in [2.45, 2.75) is 39.0 Å². The zero-order chi connectivity index (χ0) is 15.1. The molecule has 1 aliphatic rings. The van der Waals surface area contributed by atoms with Gasteiger partial charge < -0.3 is 10.6 Å². The molecule has 0 saturated carbocycles. The molecule has 0 fully saturated rings. The monoisotopic (exact) mass is 286 g/mol. The number of nitrogens with one attached hydrogen (secondary N) is 2. The molecule has 2 N–H and O–H groups in total. The summed E-state index contributed by atoms with van der Waals surface area (Å²) in [6.45, 7) is 6.87. The normalized spacial score (nSPS) is 16.2. The third-order valence-corrected chi connectivity index (χ3v) is 4.14. The topological polar surface area (TPSA) is 41.1 Å². The zero-order valence-corrected chi connectivity index (χ0v) is 13.1. The molecule has 0 aliphatic carbocycles. The number of hydrogen-bond acceptors (Lipinski definition) is 2. The van der Waals surface area contributed by atoms with Crippen molar-refractivity contribution in [1.29, 1.82) is 0 Å². The zero-order valence-electron chi connectivity index (χ0n) is 13.1. The first kappa shape index (κ1) is 15.8. The quantitative estimate of drug-likeness (QED) is 0.790. The lowest BCUT2D eigenvalue weighted by molar-refractivity contribution is -0.121. The maximum absolute atomic E-state index is 12.1. The van der Waals surface area contributed by atoms with E-state index in [1.807, 2.05) is 0 Å². The van der Waals surface area contributed by atoms with E-state index in [1.54, 1.807) is 0 Å². The van der Waals surface area contributed by atoms with Crippen molar-refractivity contribution in [1.82, 2.24) is 10.6 Å². The van der Waals surface area contributed by atoms with Crippen molar-refractivity contribution in [3.8, 4) is 0 Å². The van der Waals surface area contributed by atoms with Crippen molar-refractivity contribution < 1.29 is 4.79 Å². The van der Waals surface area contributed by atoms with Crippen LogP contribution in [0.15, 0.2) is 35.9 Å². The van der Waals surface area contributed by atoms with E-state index in [0.717, 1.165) is 25.9 Å². The van der Waals surface area contributed by atoms with E-state index in [2.05, 4.69) is 54.8 Å². The summed E-state index contributed by atoms with van der Waals surface area (Å²) in [5.41, 5.74) is 3.86. The van der Waals surface area contributed by atoms with Crippen LogP contribution in [0.4, 0.5) is 0 Å². The Kier molecular flexibility index (Phi) is 6.00. The molecule has 0 bridgehead atoms. The van der Waals surface area contributed by atoms with Gasteiger partial charge in [-0.2, -0.15) is 0 Å². The van der Waals surface area contributed by atoms with Crippen LogP contribution in [-0.2, 0) is 4.79 Å². The highest BCUT2D eigenvalue weighted by Gasteiger charge is 2.14. The Hall–Kier alpha value is -1.61. The molecule has 1 aliphatic heterocycles. The first-order valence-corrected chi connectivity index (χ1v) is 7.91. The second-order valence-electron chi connectivity index (χ2n) is 5.81. The summed E-state index contributed by atoms with van der Waals surface area (Å²) in [4.78, 5) is 12.1. The minimum absolute atomic E-state index is 0.154. The molecule has 0 saturated heterocycles. The van der Waals surface area contributed by atoms with Gasteiger partial charge in [-0.25, -0.2) is 0 Å². The molecule has 1 unspecified atom stereocenters. The van der Waals surface area contributed by atoms with Crippen molar-refractivity contribution in [2.75, 3.05) is 19.6 Å². The van der Waals surface area contributed by atoms with Gasteiger partial charge in [0, 0.05) is 19.5 Å². The smallest absolute Gasteiger partial charge is 0.220 e. The van der Waals surface area contributed by atoms with E-state index in [0.29, 0.717) is 18.9 Å². The van der Waals surface area contributed by atoms with Crippen molar-refractivity contribution in [3.05, 3.63) is 47.0 Å². The predicted molar refractivity (Wildman–Crippen MR) is 87.4 cm³/mol. The van der Waals surface area contributed by atoms with Crippen LogP contribution in [0.1, 0.15) is 43.2 Å². The molecule has 114 valence electrons. The molecule has 1 aromatic carbocycles. The fourth-order valence-corrected chi connectivity index (χ4v) is 2.67. The lowest BCUT2D eigenvalue weighted by Gasteiger charge is -2.17. The molecule has 3 nitrogen and oxygen atoms in total. The van der Waals surface area contributed by atoms with Gasteiger partial charge >= 0.3 is 0 Å². The summed E-state index contributed by atoms with van der Waals surface area (Å²) in [6.07, 6.45) is 4.78. The molecular weight excluding hydrogens is 260 g/mol. The van der Waals surface area contributed by atoms with Crippen molar-refractivity contribution >= 4 is 5.91 Å². The number of aryl methyl sites for hydroxylation is 1. The summed E-state index contributed by atoms with van der Waals surface area (Å²) in [7, 11) is 0. The Labute approximate surface area is 127 Å². The minimum atomic E-state index is 0.154. The van der Waals surface area contributed by atoms with Crippen LogP contribution in [0.3, 0.4) is 0 Å². The number of rotatable bonds is 6. The highest BCUT2D eigenvalue weighted by molar-refractivity contribution is 5.77. The number of benzene rings is 1. The largest absolute Gasteiger partial charge is 0.352 e. The third-order valence-electron chi connectivity index (χ3n) is 4.14. The highest BCUT2D eigenvalue weighted by atomic mass is 16.1. The first-order valence-electron chi connectivity index (χ1n) is 7.91. The van der Waals surface area contributed by atoms with E-state index < -0.39 is 0 Å². The molecule has 1 heterocycles. The number of carbonyl (C=O) groups is 1. The number of hydrogen-bond donors (Lipinski definition) is 2. The van der Waals surface area contributed by atoms with Gasteiger partial charge in [-0.1, -0.05) is 48.4 Å². The standard InChI is InChI=1S/C18H26N2O/c1-3-16(17-6-4-14(2)5-7-17)12-18(21)20-13-15-8-10-19-11-9-15/h4-8,16,19H,3,9-13H2,1-2H3,(H,20,21). The Bertz CT molecular complexity index is 490. The van der Waals surface area contributed by atoms with Crippen LogP contribution < -0.4 is 10.6 Å². The molecule has 1 atom stereocenters. The Morgan fingerprint density at radius 1 is 1.33 bits per heavy atom. The van der Waals surface area contributed by atoms with E-state index in [9.17, 15) is 4.79 Å². The predicted octanol–water partition coefficient (Wildman–Crippen LogP) is 2.91. The van der Waals surface area contributed by atoms with Gasteiger partial charge in [-0.15, -0.1) is 0 Å². The van der Waals surface area contributed by atoms with Crippen LogP contribution in [0, 0.1) is 6.92 Å².